The number of rotatable bonds is 1. The first kappa shape index (κ1) is 15.4. The Morgan fingerprint density at radius 3 is 2.48 bits per heavy atom. The Hall–Kier alpha value is -0.480. The molecule has 0 bridgehead atoms. The fourth-order valence-corrected chi connectivity index (χ4v) is 5.19. The summed E-state index contributed by atoms with van der Waals surface area (Å²) in [6.07, 6.45) is 5.16. The van der Waals surface area contributed by atoms with Crippen molar-refractivity contribution >= 4 is 38.5 Å². The Bertz CT molecular complexity index is 551. The van der Waals surface area contributed by atoms with Crippen LogP contribution in [0.1, 0.15) is 43.7 Å². The Kier molecular flexibility index (Phi) is 4.37. The van der Waals surface area contributed by atoms with Crippen molar-refractivity contribution < 1.29 is 0 Å². The molecule has 4 heteroatoms. The van der Waals surface area contributed by atoms with Crippen LogP contribution in [0.25, 0.3) is 0 Å². The van der Waals surface area contributed by atoms with Gasteiger partial charge in [0.15, 0.2) is 5.17 Å². The van der Waals surface area contributed by atoms with Crippen LogP contribution in [0, 0.1) is 19.8 Å². The second-order valence-corrected chi connectivity index (χ2v) is 8.53. The zero-order chi connectivity index (χ0) is 15.0. The monoisotopic (exact) mass is 366 g/mol. The molecule has 114 valence electrons. The number of halogens is 1. The molecule has 1 aliphatic carbocycles. The third-order valence-corrected chi connectivity index (χ3v) is 6.36. The summed E-state index contributed by atoms with van der Waals surface area (Å²) >= 11 is 5.45. The standard InChI is InChI=1S/C17H23BrN2S/c1-11-4-6-17(7-5-11)10-21-16(20-17)19-15-12(2)8-14(18)9-13(15)3/h8-9,11H,4-7,10H2,1-3H3,(H,19,20). The van der Waals surface area contributed by atoms with Crippen LogP contribution in [0.5, 0.6) is 0 Å². The maximum absolute atomic E-state index is 5.07. The van der Waals surface area contributed by atoms with E-state index >= 15 is 0 Å². The number of nitrogens with one attached hydrogen (secondary N) is 1. The molecule has 0 atom stereocenters. The number of hydrogen-bond donors (Lipinski definition) is 1. The molecule has 21 heavy (non-hydrogen) atoms. The van der Waals surface area contributed by atoms with Crippen molar-refractivity contribution in [2.75, 3.05) is 11.1 Å². The van der Waals surface area contributed by atoms with Gasteiger partial charge in [-0.05, 0) is 68.7 Å². The molecule has 1 heterocycles. The molecule has 2 nitrogen and oxygen atoms in total. The largest absolute Gasteiger partial charge is 0.335 e. The SMILES string of the molecule is Cc1cc(Br)cc(C)c1NC1=NC2(CCC(C)CC2)CS1. The molecule has 0 saturated heterocycles. The van der Waals surface area contributed by atoms with E-state index in [9.17, 15) is 0 Å². The Balaban J connectivity index is 1.77. The minimum absolute atomic E-state index is 0.219. The van der Waals surface area contributed by atoms with Gasteiger partial charge < -0.3 is 5.32 Å². The summed E-state index contributed by atoms with van der Waals surface area (Å²) in [5, 5.41) is 4.69. The van der Waals surface area contributed by atoms with Crippen molar-refractivity contribution in [3.8, 4) is 0 Å². The number of aryl methyl sites for hydroxylation is 2. The van der Waals surface area contributed by atoms with E-state index in [1.54, 1.807) is 0 Å². The highest BCUT2D eigenvalue weighted by Crippen LogP contribution is 2.42. The van der Waals surface area contributed by atoms with E-state index in [-0.39, 0.29) is 5.54 Å². The predicted octanol–water partition coefficient (Wildman–Crippen LogP) is 5.53. The van der Waals surface area contributed by atoms with Crippen molar-refractivity contribution in [2.24, 2.45) is 10.9 Å². The zero-order valence-electron chi connectivity index (χ0n) is 13.0. The summed E-state index contributed by atoms with van der Waals surface area (Å²) in [4.78, 5) is 5.07. The van der Waals surface area contributed by atoms with E-state index in [0.29, 0.717) is 0 Å². The van der Waals surface area contributed by atoms with Crippen molar-refractivity contribution in [3.63, 3.8) is 0 Å². The number of thioether (sulfide) groups is 1. The number of nitrogens with zero attached hydrogens (tertiary/aromatic N) is 1. The zero-order valence-corrected chi connectivity index (χ0v) is 15.4. The van der Waals surface area contributed by atoms with Crippen LogP contribution in [0.4, 0.5) is 5.69 Å². The highest BCUT2D eigenvalue weighted by Gasteiger charge is 2.38. The second kappa shape index (κ2) is 5.96. The molecule has 1 aromatic rings. The van der Waals surface area contributed by atoms with Crippen LogP contribution >= 0.6 is 27.7 Å². The minimum atomic E-state index is 0.219. The molecule has 0 amide bonds. The molecular formula is C17H23BrN2S. The van der Waals surface area contributed by atoms with E-state index in [1.165, 1.54) is 42.5 Å². The lowest BCUT2D eigenvalue weighted by Crippen LogP contribution is -2.32. The smallest absolute Gasteiger partial charge is 0.161 e. The quantitative estimate of drug-likeness (QED) is 0.706. The molecule has 0 aromatic heterocycles. The lowest BCUT2D eigenvalue weighted by molar-refractivity contribution is 0.273. The number of benzene rings is 1. The summed E-state index contributed by atoms with van der Waals surface area (Å²) < 4.78 is 1.14. The molecule has 0 radical (unpaired) electrons. The van der Waals surface area contributed by atoms with Gasteiger partial charge in [0, 0.05) is 15.9 Å². The van der Waals surface area contributed by atoms with Gasteiger partial charge >= 0.3 is 0 Å². The predicted molar refractivity (Wildman–Crippen MR) is 97.5 cm³/mol. The van der Waals surface area contributed by atoms with Gasteiger partial charge in [-0.2, -0.15) is 0 Å². The van der Waals surface area contributed by atoms with Crippen molar-refractivity contribution in [3.05, 3.63) is 27.7 Å². The number of hydrogen-bond acceptors (Lipinski definition) is 3. The van der Waals surface area contributed by atoms with Crippen LogP contribution in [0.2, 0.25) is 0 Å². The van der Waals surface area contributed by atoms with Gasteiger partial charge in [-0.25, -0.2) is 0 Å². The molecule has 1 aromatic carbocycles. The molecule has 1 N–H and O–H groups in total. The maximum atomic E-state index is 5.07. The molecule has 1 fully saturated rings. The summed E-state index contributed by atoms with van der Waals surface area (Å²) in [5.41, 5.74) is 3.97. The van der Waals surface area contributed by atoms with Gasteiger partial charge in [0.2, 0.25) is 0 Å². The van der Waals surface area contributed by atoms with Crippen LogP contribution in [-0.2, 0) is 0 Å². The van der Waals surface area contributed by atoms with Crippen LogP contribution in [-0.4, -0.2) is 16.5 Å². The minimum Gasteiger partial charge on any atom is -0.335 e. The van der Waals surface area contributed by atoms with E-state index in [1.807, 2.05) is 11.8 Å². The Morgan fingerprint density at radius 1 is 1.24 bits per heavy atom. The fourth-order valence-electron chi connectivity index (χ4n) is 3.32. The first-order valence-corrected chi connectivity index (χ1v) is 9.52. The summed E-state index contributed by atoms with van der Waals surface area (Å²) in [5.74, 6) is 2.03. The molecule has 0 unspecified atom stereocenters. The summed E-state index contributed by atoms with van der Waals surface area (Å²) in [7, 11) is 0. The topological polar surface area (TPSA) is 24.4 Å². The molecule has 1 saturated carbocycles. The average molecular weight is 367 g/mol. The molecular weight excluding hydrogens is 344 g/mol. The first-order chi connectivity index (χ1) is 9.97. The van der Waals surface area contributed by atoms with Gasteiger partial charge in [-0.3, -0.25) is 4.99 Å². The van der Waals surface area contributed by atoms with Gasteiger partial charge in [0.1, 0.15) is 0 Å². The second-order valence-electron chi connectivity index (χ2n) is 6.65. The molecule has 2 aliphatic rings. The van der Waals surface area contributed by atoms with Crippen molar-refractivity contribution in [1.29, 1.82) is 0 Å². The number of anilines is 1. The first-order valence-electron chi connectivity index (χ1n) is 7.74. The Labute approximate surface area is 140 Å². The summed E-state index contributed by atoms with van der Waals surface area (Å²) in [6, 6.07) is 4.32. The molecule has 3 rings (SSSR count). The lowest BCUT2D eigenvalue weighted by Gasteiger charge is -2.32. The van der Waals surface area contributed by atoms with E-state index in [2.05, 4.69) is 54.2 Å². The van der Waals surface area contributed by atoms with E-state index in [4.69, 9.17) is 4.99 Å². The van der Waals surface area contributed by atoms with Crippen molar-refractivity contribution in [2.45, 2.75) is 52.0 Å². The molecule has 1 aliphatic heterocycles. The van der Waals surface area contributed by atoms with E-state index < -0.39 is 0 Å². The van der Waals surface area contributed by atoms with E-state index in [0.717, 1.165) is 21.3 Å². The lowest BCUT2D eigenvalue weighted by atomic mass is 9.79. The van der Waals surface area contributed by atoms with Crippen LogP contribution in [0.15, 0.2) is 21.6 Å². The third-order valence-electron chi connectivity index (χ3n) is 4.75. The normalized spacial score (nSPS) is 28.8. The van der Waals surface area contributed by atoms with Gasteiger partial charge in [0.05, 0.1) is 5.54 Å². The van der Waals surface area contributed by atoms with Crippen molar-refractivity contribution in [1.82, 2.24) is 0 Å². The summed E-state index contributed by atoms with van der Waals surface area (Å²) in [6.45, 7) is 6.67. The average Bonchev–Trinajstić information content (AvgIpc) is 2.81. The number of amidine groups is 1. The van der Waals surface area contributed by atoms with Crippen LogP contribution < -0.4 is 5.32 Å². The van der Waals surface area contributed by atoms with Crippen LogP contribution in [0.3, 0.4) is 0 Å². The molecule has 1 spiro atoms. The Morgan fingerprint density at radius 2 is 1.86 bits per heavy atom. The maximum Gasteiger partial charge on any atom is 0.161 e. The number of aliphatic imine (C=N–C) groups is 1. The highest BCUT2D eigenvalue weighted by molar-refractivity contribution is 9.10. The highest BCUT2D eigenvalue weighted by atomic mass is 79.9. The van der Waals surface area contributed by atoms with Gasteiger partial charge in [-0.1, -0.05) is 34.6 Å². The third kappa shape index (κ3) is 3.31. The fraction of sp³-hybridized carbons (Fsp3) is 0.588. The van der Waals surface area contributed by atoms with Gasteiger partial charge in [-0.15, -0.1) is 0 Å². The van der Waals surface area contributed by atoms with Gasteiger partial charge in [0.25, 0.3) is 0 Å².